The fourth-order valence-corrected chi connectivity index (χ4v) is 3.06. The zero-order valence-electron chi connectivity index (χ0n) is 11.2. The fourth-order valence-electron chi connectivity index (χ4n) is 2.31. The minimum absolute atomic E-state index is 0.107. The van der Waals surface area contributed by atoms with Gasteiger partial charge in [-0.2, -0.15) is 0 Å². The lowest BCUT2D eigenvalue weighted by Gasteiger charge is -2.18. The first-order valence-corrected chi connectivity index (χ1v) is 7.69. The molecular formula is C16H20FNS. The first kappa shape index (κ1) is 14.2. The Balaban J connectivity index is 1.94. The minimum Gasteiger partial charge on any atom is -0.310 e. The number of hydrogen-bond acceptors (Lipinski definition) is 2. The standard InChI is InChI=1S/C16H20FNS/c1-2-18-16(14-9-3-4-10-15(14)17)11-5-7-13-8-6-12-19-13/h3-4,6,8-10,12,16,18H,2,5,7,11H2,1H3. The molecule has 0 saturated heterocycles. The molecule has 19 heavy (non-hydrogen) atoms. The van der Waals surface area contributed by atoms with Gasteiger partial charge in [-0.3, -0.25) is 0 Å². The van der Waals surface area contributed by atoms with Crippen molar-refractivity contribution in [3.8, 4) is 0 Å². The van der Waals surface area contributed by atoms with Crippen molar-refractivity contribution in [1.29, 1.82) is 0 Å². The van der Waals surface area contributed by atoms with Gasteiger partial charge >= 0.3 is 0 Å². The minimum atomic E-state index is -0.107. The quantitative estimate of drug-likeness (QED) is 0.782. The Bertz CT molecular complexity index is 481. The summed E-state index contributed by atoms with van der Waals surface area (Å²) in [6.45, 7) is 2.92. The summed E-state index contributed by atoms with van der Waals surface area (Å²) in [5.74, 6) is -0.107. The van der Waals surface area contributed by atoms with E-state index in [1.807, 2.05) is 12.1 Å². The molecule has 1 atom stereocenters. The molecule has 2 aromatic rings. The van der Waals surface area contributed by atoms with Crippen molar-refractivity contribution >= 4 is 11.3 Å². The Kier molecular flexibility index (Phi) is 5.55. The molecule has 0 bridgehead atoms. The Labute approximate surface area is 118 Å². The Morgan fingerprint density at radius 2 is 2.05 bits per heavy atom. The van der Waals surface area contributed by atoms with Crippen molar-refractivity contribution in [2.24, 2.45) is 0 Å². The van der Waals surface area contributed by atoms with Gasteiger partial charge in [0.2, 0.25) is 0 Å². The molecule has 0 saturated carbocycles. The van der Waals surface area contributed by atoms with Gasteiger partial charge in [-0.1, -0.05) is 31.2 Å². The van der Waals surface area contributed by atoms with Gasteiger partial charge in [-0.05, 0) is 43.3 Å². The molecule has 1 nitrogen and oxygen atoms in total. The van der Waals surface area contributed by atoms with E-state index in [2.05, 4.69) is 29.8 Å². The summed E-state index contributed by atoms with van der Waals surface area (Å²) >= 11 is 1.79. The summed E-state index contributed by atoms with van der Waals surface area (Å²) in [6.07, 6.45) is 3.12. The van der Waals surface area contributed by atoms with Crippen molar-refractivity contribution < 1.29 is 4.39 Å². The summed E-state index contributed by atoms with van der Waals surface area (Å²) < 4.78 is 13.8. The van der Waals surface area contributed by atoms with Crippen LogP contribution >= 0.6 is 11.3 Å². The van der Waals surface area contributed by atoms with Crippen molar-refractivity contribution in [2.45, 2.75) is 32.2 Å². The lowest BCUT2D eigenvalue weighted by atomic mass is 10.00. The second kappa shape index (κ2) is 7.41. The highest BCUT2D eigenvalue weighted by Gasteiger charge is 2.13. The van der Waals surface area contributed by atoms with Gasteiger partial charge in [0.05, 0.1) is 0 Å². The predicted octanol–water partition coefficient (Wildman–Crippen LogP) is 4.56. The number of halogens is 1. The van der Waals surface area contributed by atoms with Crippen LogP contribution in [0.4, 0.5) is 4.39 Å². The summed E-state index contributed by atoms with van der Waals surface area (Å²) in [6, 6.07) is 11.4. The molecule has 2 rings (SSSR count). The second-order valence-electron chi connectivity index (χ2n) is 4.60. The van der Waals surface area contributed by atoms with Crippen molar-refractivity contribution in [3.63, 3.8) is 0 Å². The lowest BCUT2D eigenvalue weighted by Crippen LogP contribution is -2.22. The molecule has 0 spiro atoms. The lowest BCUT2D eigenvalue weighted by molar-refractivity contribution is 0.473. The topological polar surface area (TPSA) is 12.0 Å². The molecule has 0 aliphatic heterocycles. The third-order valence-corrected chi connectivity index (χ3v) is 4.16. The van der Waals surface area contributed by atoms with E-state index >= 15 is 0 Å². The van der Waals surface area contributed by atoms with Crippen LogP contribution in [0.1, 0.15) is 36.2 Å². The van der Waals surface area contributed by atoms with Gasteiger partial charge in [-0.25, -0.2) is 4.39 Å². The molecule has 1 aromatic carbocycles. The van der Waals surface area contributed by atoms with Crippen LogP contribution < -0.4 is 5.32 Å². The van der Waals surface area contributed by atoms with Crippen LogP contribution in [0.5, 0.6) is 0 Å². The Hall–Kier alpha value is -1.19. The molecule has 0 radical (unpaired) electrons. The van der Waals surface area contributed by atoms with E-state index in [-0.39, 0.29) is 11.9 Å². The molecule has 0 amide bonds. The molecule has 0 aliphatic carbocycles. The number of benzene rings is 1. The molecular weight excluding hydrogens is 257 g/mol. The maximum Gasteiger partial charge on any atom is 0.127 e. The average molecular weight is 277 g/mol. The van der Waals surface area contributed by atoms with Crippen molar-refractivity contribution in [3.05, 3.63) is 58.0 Å². The summed E-state index contributed by atoms with van der Waals surface area (Å²) in [5.41, 5.74) is 0.788. The largest absolute Gasteiger partial charge is 0.310 e. The zero-order chi connectivity index (χ0) is 13.5. The van der Waals surface area contributed by atoms with E-state index in [0.29, 0.717) is 0 Å². The van der Waals surface area contributed by atoms with Crippen molar-refractivity contribution in [2.75, 3.05) is 6.54 Å². The van der Waals surface area contributed by atoms with Crippen LogP contribution in [0.3, 0.4) is 0 Å². The molecule has 1 N–H and O–H groups in total. The Morgan fingerprint density at radius 3 is 2.74 bits per heavy atom. The summed E-state index contributed by atoms with van der Waals surface area (Å²) in [7, 11) is 0. The number of thiophene rings is 1. The van der Waals surface area contributed by atoms with Gasteiger partial charge in [0.15, 0.2) is 0 Å². The van der Waals surface area contributed by atoms with Gasteiger partial charge in [0.25, 0.3) is 0 Å². The maximum atomic E-state index is 13.8. The monoisotopic (exact) mass is 277 g/mol. The number of hydrogen-bond donors (Lipinski definition) is 1. The third kappa shape index (κ3) is 4.15. The van der Waals surface area contributed by atoms with E-state index < -0.39 is 0 Å². The van der Waals surface area contributed by atoms with Crippen LogP contribution in [-0.2, 0) is 6.42 Å². The third-order valence-electron chi connectivity index (χ3n) is 3.23. The molecule has 102 valence electrons. The second-order valence-corrected chi connectivity index (χ2v) is 5.64. The first-order valence-electron chi connectivity index (χ1n) is 6.81. The van der Waals surface area contributed by atoms with E-state index in [9.17, 15) is 4.39 Å². The number of nitrogens with one attached hydrogen (secondary N) is 1. The van der Waals surface area contributed by atoms with Gasteiger partial charge in [0, 0.05) is 16.5 Å². The molecule has 1 unspecified atom stereocenters. The predicted molar refractivity (Wildman–Crippen MR) is 80.1 cm³/mol. The summed E-state index contributed by atoms with van der Waals surface area (Å²) in [5, 5.41) is 5.49. The van der Waals surface area contributed by atoms with E-state index in [4.69, 9.17) is 0 Å². The maximum absolute atomic E-state index is 13.8. The smallest absolute Gasteiger partial charge is 0.127 e. The number of aryl methyl sites for hydroxylation is 1. The van der Waals surface area contributed by atoms with E-state index in [1.165, 1.54) is 4.88 Å². The van der Waals surface area contributed by atoms with Gasteiger partial charge in [0.1, 0.15) is 5.82 Å². The first-order chi connectivity index (χ1) is 9.31. The van der Waals surface area contributed by atoms with Crippen LogP contribution in [0, 0.1) is 5.82 Å². The normalized spacial score (nSPS) is 12.5. The van der Waals surface area contributed by atoms with Crippen LogP contribution in [-0.4, -0.2) is 6.54 Å². The molecule has 0 fully saturated rings. The molecule has 3 heteroatoms. The highest BCUT2D eigenvalue weighted by molar-refractivity contribution is 7.09. The zero-order valence-corrected chi connectivity index (χ0v) is 12.0. The van der Waals surface area contributed by atoms with Gasteiger partial charge in [-0.15, -0.1) is 11.3 Å². The summed E-state index contributed by atoms with van der Waals surface area (Å²) in [4.78, 5) is 1.41. The van der Waals surface area contributed by atoms with E-state index in [1.54, 1.807) is 23.5 Å². The highest BCUT2D eigenvalue weighted by Crippen LogP contribution is 2.23. The van der Waals surface area contributed by atoms with Gasteiger partial charge < -0.3 is 5.32 Å². The van der Waals surface area contributed by atoms with E-state index in [0.717, 1.165) is 31.4 Å². The SMILES string of the molecule is CCNC(CCCc1cccs1)c1ccccc1F. The van der Waals surface area contributed by atoms with Crippen LogP contribution in [0.25, 0.3) is 0 Å². The highest BCUT2D eigenvalue weighted by atomic mass is 32.1. The van der Waals surface area contributed by atoms with Crippen LogP contribution in [0.15, 0.2) is 41.8 Å². The number of rotatable bonds is 7. The average Bonchev–Trinajstić information content (AvgIpc) is 2.92. The molecule has 0 aliphatic rings. The van der Waals surface area contributed by atoms with Crippen molar-refractivity contribution in [1.82, 2.24) is 5.32 Å². The van der Waals surface area contributed by atoms with Crippen LogP contribution in [0.2, 0.25) is 0 Å². The fraction of sp³-hybridized carbons (Fsp3) is 0.375. The molecule has 1 heterocycles. The molecule has 1 aromatic heterocycles. The Morgan fingerprint density at radius 1 is 1.21 bits per heavy atom.